The molecular weight excluding hydrogens is 176 g/mol. The molecule has 2 heteroatoms. The molecule has 0 N–H and O–H groups in total. The van der Waals surface area contributed by atoms with Crippen molar-refractivity contribution >= 4 is 11.7 Å². The highest BCUT2D eigenvalue weighted by molar-refractivity contribution is 5.86. The normalized spacial score (nSPS) is 15.3. The van der Waals surface area contributed by atoms with Gasteiger partial charge in [-0.05, 0) is 31.6 Å². The molecule has 0 aromatic heterocycles. The summed E-state index contributed by atoms with van der Waals surface area (Å²) < 4.78 is 5.11. The molecule has 1 heterocycles. The number of carbonyl (C=O) groups excluding carboxylic acids is 1. The number of esters is 1. The lowest BCUT2D eigenvalue weighted by Gasteiger charge is -2.07. The van der Waals surface area contributed by atoms with Gasteiger partial charge in [0.15, 0.2) is 0 Å². The summed E-state index contributed by atoms with van der Waals surface area (Å²) in [7, 11) is 0. The van der Waals surface area contributed by atoms with E-state index in [4.69, 9.17) is 4.74 Å². The molecule has 0 saturated carbocycles. The molecule has 0 unspecified atom stereocenters. The SMILES string of the molecule is Cc1ccc(C)c(C2=CCC(=O)O2)c1. The van der Waals surface area contributed by atoms with Crippen LogP contribution < -0.4 is 0 Å². The Balaban J connectivity index is 2.41. The third-order valence-electron chi connectivity index (χ3n) is 2.34. The lowest BCUT2D eigenvalue weighted by molar-refractivity contribution is -0.134. The number of hydrogen-bond acceptors (Lipinski definition) is 2. The van der Waals surface area contributed by atoms with Gasteiger partial charge in [-0.3, -0.25) is 4.79 Å². The second-order valence-corrected chi connectivity index (χ2v) is 3.56. The quantitative estimate of drug-likeness (QED) is 0.633. The van der Waals surface area contributed by atoms with Crippen molar-refractivity contribution in [3.63, 3.8) is 0 Å². The molecule has 14 heavy (non-hydrogen) atoms. The first-order valence-electron chi connectivity index (χ1n) is 4.65. The van der Waals surface area contributed by atoms with E-state index in [9.17, 15) is 4.79 Å². The van der Waals surface area contributed by atoms with Crippen LogP contribution in [0.25, 0.3) is 5.76 Å². The Hall–Kier alpha value is -1.57. The Morgan fingerprint density at radius 2 is 2.07 bits per heavy atom. The largest absolute Gasteiger partial charge is 0.426 e. The van der Waals surface area contributed by atoms with Gasteiger partial charge in [-0.15, -0.1) is 0 Å². The third kappa shape index (κ3) is 1.55. The van der Waals surface area contributed by atoms with Gasteiger partial charge in [-0.2, -0.15) is 0 Å². The van der Waals surface area contributed by atoms with Crippen molar-refractivity contribution in [3.05, 3.63) is 41.0 Å². The average Bonchev–Trinajstić information content (AvgIpc) is 2.56. The second kappa shape index (κ2) is 3.29. The first kappa shape index (κ1) is 9.00. The van der Waals surface area contributed by atoms with Crippen molar-refractivity contribution in [2.24, 2.45) is 0 Å². The van der Waals surface area contributed by atoms with Gasteiger partial charge in [-0.25, -0.2) is 0 Å². The molecule has 0 radical (unpaired) electrons. The molecule has 0 fully saturated rings. The minimum absolute atomic E-state index is 0.166. The van der Waals surface area contributed by atoms with Gasteiger partial charge in [0.2, 0.25) is 0 Å². The zero-order valence-electron chi connectivity index (χ0n) is 8.33. The molecule has 0 amide bonds. The summed E-state index contributed by atoms with van der Waals surface area (Å²) >= 11 is 0. The van der Waals surface area contributed by atoms with Gasteiger partial charge in [0.05, 0.1) is 6.42 Å². The van der Waals surface area contributed by atoms with Gasteiger partial charge >= 0.3 is 5.97 Å². The summed E-state index contributed by atoms with van der Waals surface area (Å²) in [6.45, 7) is 4.04. The molecule has 1 aromatic carbocycles. The van der Waals surface area contributed by atoms with Crippen LogP contribution in [-0.2, 0) is 9.53 Å². The minimum atomic E-state index is -0.166. The lowest BCUT2D eigenvalue weighted by atomic mass is 10.0. The standard InChI is InChI=1S/C12H12O2/c1-8-3-4-9(2)10(7-8)11-5-6-12(13)14-11/h3-5,7H,6H2,1-2H3. The minimum Gasteiger partial charge on any atom is -0.426 e. The van der Waals surface area contributed by atoms with Crippen molar-refractivity contribution in [1.29, 1.82) is 0 Å². The molecule has 2 nitrogen and oxygen atoms in total. The number of rotatable bonds is 1. The summed E-state index contributed by atoms with van der Waals surface area (Å²) in [5.74, 6) is 0.539. The number of hydrogen-bond donors (Lipinski definition) is 0. The highest BCUT2D eigenvalue weighted by Crippen LogP contribution is 2.26. The van der Waals surface area contributed by atoms with Gasteiger partial charge in [0.25, 0.3) is 0 Å². The predicted molar refractivity (Wildman–Crippen MR) is 54.6 cm³/mol. The fourth-order valence-electron chi connectivity index (χ4n) is 1.55. The Labute approximate surface area is 83.2 Å². The molecule has 2 rings (SSSR count). The number of benzene rings is 1. The molecule has 1 aliphatic heterocycles. The van der Waals surface area contributed by atoms with Crippen molar-refractivity contribution in [1.82, 2.24) is 0 Å². The van der Waals surface area contributed by atoms with Crippen LogP contribution in [0.15, 0.2) is 24.3 Å². The van der Waals surface area contributed by atoms with E-state index < -0.39 is 0 Å². The molecule has 0 saturated heterocycles. The summed E-state index contributed by atoms with van der Waals surface area (Å²) in [5.41, 5.74) is 3.34. The van der Waals surface area contributed by atoms with E-state index in [1.807, 2.05) is 32.1 Å². The zero-order chi connectivity index (χ0) is 10.1. The summed E-state index contributed by atoms with van der Waals surface area (Å²) in [5, 5.41) is 0. The van der Waals surface area contributed by atoms with Gasteiger partial charge in [0, 0.05) is 5.56 Å². The maximum absolute atomic E-state index is 10.9. The van der Waals surface area contributed by atoms with Gasteiger partial charge in [0.1, 0.15) is 5.76 Å². The van der Waals surface area contributed by atoms with E-state index in [0.29, 0.717) is 12.2 Å². The monoisotopic (exact) mass is 188 g/mol. The van der Waals surface area contributed by atoms with Gasteiger partial charge in [-0.1, -0.05) is 17.7 Å². The average molecular weight is 188 g/mol. The molecule has 0 atom stereocenters. The lowest BCUT2D eigenvalue weighted by Crippen LogP contribution is -1.95. The molecule has 0 bridgehead atoms. The topological polar surface area (TPSA) is 26.3 Å². The Morgan fingerprint density at radius 3 is 2.71 bits per heavy atom. The maximum Gasteiger partial charge on any atom is 0.315 e. The number of aryl methyl sites for hydroxylation is 2. The first-order chi connectivity index (χ1) is 6.66. The van der Waals surface area contributed by atoms with E-state index in [-0.39, 0.29) is 5.97 Å². The number of cyclic esters (lactones) is 1. The first-order valence-corrected chi connectivity index (χ1v) is 4.65. The van der Waals surface area contributed by atoms with E-state index in [1.165, 1.54) is 5.56 Å². The van der Waals surface area contributed by atoms with Crippen LogP contribution in [0.3, 0.4) is 0 Å². The fraction of sp³-hybridized carbons (Fsp3) is 0.250. The van der Waals surface area contributed by atoms with Gasteiger partial charge < -0.3 is 4.74 Å². The van der Waals surface area contributed by atoms with Crippen molar-refractivity contribution in [3.8, 4) is 0 Å². The number of ether oxygens (including phenoxy) is 1. The molecule has 1 aromatic rings. The molecular formula is C12H12O2. The molecule has 72 valence electrons. The number of carbonyl (C=O) groups is 1. The predicted octanol–water partition coefficient (Wildman–Crippen LogP) is 2.59. The van der Waals surface area contributed by atoms with Crippen LogP contribution in [0, 0.1) is 13.8 Å². The van der Waals surface area contributed by atoms with E-state index in [0.717, 1.165) is 11.1 Å². The van der Waals surface area contributed by atoms with Crippen molar-refractivity contribution < 1.29 is 9.53 Å². The molecule has 0 spiro atoms. The van der Waals surface area contributed by atoms with Crippen LogP contribution in [-0.4, -0.2) is 5.97 Å². The fourth-order valence-corrected chi connectivity index (χ4v) is 1.55. The summed E-state index contributed by atoms with van der Waals surface area (Å²) in [4.78, 5) is 10.9. The second-order valence-electron chi connectivity index (χ2n) is 3.56. The highest BCUT2D eigenvalue weighted by Gasteiger charge is 2.17. The van der Waals surface area contributed by atoms with Crippen LogP contribution in [0.4, 0.5) is 0 Å². The summed E-state index contributed by atoms with van der Waals surface area (Å²) in [6.07, 6.45) is 2.23. The Kier molecular flexibility index (Phi) is 2.12. The zero-order valence-corrected chi connectivity index (χ0v) is 8.33. The highest BCUT2D eigenvalue weighted by atomic mass is 16.5. The summed E-state index contributed by atoms with van der Waals surface area (Å²) in [6, 6.07) is 6.13. The van der Waals surface area contributed by atoms with E-state index in [1.54, 1.807) is 0 Å². The van der Waals surface area contributed by atoms with Crippen molar-refractivity contribution in [2.75, 3.05) is 0 Å². The van der Waals surface area contributed by atoms with E-state index >= 15 is 0 Å². The smallest absolute Gasteiger partial charge is 0.315 e. The Bertz CT molecular complexity index is 416. The van der Waals surface area contributed by atoms with Crippen LogP contribution in [0.5, 0.6) is 0 Å². The van der Waals surface area contributed by atoms with Crippen LogP contribution >= 0.6 is 0 Å². The van der Waals surface area contributed by atoms with Crippen molar-refractivity contribution in [2.45, 2.75) is 20.3 Å². The van der Waals surface area contributed by atoms with E-state index in [2.05, 4.69) is 6.07 Å². The molecule has 0 aliphatic carbocycles. The molecule has 1 aliphatic rings. The van der Waals surface area contributed by atoms with Crippen LogP contribution in [0.1, 0.15) is 23.1 Å². The maximum atomic E-state index is 10.9. The Morgan fingerprint density at radius 1 is 1.29 bits per heavy atom. The van der Waals surface area contributed by atoms with Crippen LogP contribution in [0.2, 0.25) is 0 Å². The third-order valence-corrected chi connectivity index (χ3v) is 2.34.